The fraction of sp³-hybridized carbons (Fsp3) is 0.214. The van der Waals surface area contributed by atoms with Gasteiger partial charge in [-0.2, -0.15) is 0 Å². The molecule has 19 heavy (non-hydrogen) atoms. The number of benzene rings is 1. The molecule has 2 aromatic heterocycles. The van der Waals surface area contributed by atoms with Crippen molar-refractivity contribution in [2.45, 2.75) is 13.1 Å². The van der Waals surface area contributed by atoms with E-state index in [2.05, 4.69) is 38.8 Å². The molecule has 0 aliphatic carbocycles. The maximum absolute atomic E-state index is 4.12. The Morgan fingerprint density at radius 2 is 2.11 bits per heavy atom. The van der Waals surface area contributed by atoms with Crippen LogP contribution < -0.4 is 5.32 Å². The number of nitrogens with one attached hydrogen (secondary N) is 1. The highest BCUT2D eigenvalue weighted by atomic mass is 15.4. The van der Waals surface area contributed by atoms with Crippen molar-refractivity contribution in [1.29, 1.82) is 0 Å². The van der Waals surface area contributed by atoms with E-state index < -0.39 is 0 Å². The molecule has 0 aliphatic heterocycles. The van der Waals surface area contributed by atoms with Gasteiger partial charge in [0.05, 0.1) is 12.7 Å². The second-order valence-corrected chi connectivity index (χ2v) is 4.40. The summed E-state index contributed by atoms with van der Waals surface area (Å²) >= 11 is 0. The number of rotatable bonds is 5. The number of fused-ring (bicyclic) bond motifs is 1. The van der Waals surface area contributed by atoms with E-state index >= 15 is 0 Å². The molecule has 0 aliphatic rings. The van der Waals surface area contributed by atoms with Gasteiger partial charge in [0.2, 0.25) is 0 Å². The van der Waals surface area contributed by atoms with Gasteiger partial charge in [-0.1, -0.05) is 17.3 Å². The third-order valence-corrected chi connectivity index (χ3v) is 3.02. The van der Waals surface area contributed by atoms with Crippen LogP contribution in [0.15, 0.2) is 49.1 Å². The van der Waals surface area contributed by atoms with Crippen LogP contribution in [0.5, 0.6) is 0 Å². The number of pyridine rings is 1. The zero-order valence-electron chi connectivity index (χ0n) is 10.5. The van der Waals surface area contributed by atoms with E-state index in [0.29, 0.717) is 0 Å². The maximum Gasteiger partial charge on any atom is 0.0692 e. The Morgan fingerprint density at radius 3 is 3.00 bits per heavy atom. The average Bonchev–Trinajstić information content (AvgIpc) is 2.97. The summed E-state index contributed by atoms with van der Waals surface area (Å²) in [5.74, 6) is 0. The van der Waals surface area contributed by atoms with Crippen molar-refractivity contribution in [2.75, 3.05) is 6.54 Å². The highest BCUT2D eigenvalue weighted by Crippen LogP contribution is 2.14. The lowest BCUT2D eigenvalue weighted by atomic mass is 10.1. The van der Waals surface area contributed by atoms with Crippen molar-refractivity contribution in [3.05, 3.63) is 54.6 Å². The van der Waals surface area contributed by atoms with Gasteiger partial charge >= 0.3 is 0 Å². The predicted octanol–water partition coefficient (Wildman–Crippen LogP) is 1.62. The minimum Gasteiger partial charge on any atom is -0.311 e. The minimum atomic E-state index is 0.831. The van der Waals surface area contributed by atoms with Crippen molar-refractivity contribution < 1.29 is 0 Å². The van der Waals surface area contributed by atoms with E-state index in [4.69, 9.17) is 0 Å². The maximum atomic E-state index is 4.12. The summed E-state index contributed by atoms with van der Waals surface area (Å²) in [6.45, 7) is 2.56. The first-order chi connectivity index (χ1) is 9.42. The van der Waals surface area contributed by atoms with Crippen LogP contribution in [0.1, 0.15) is 5.56 Å². The first-order valence-electron chi connectivity index (χ1n) is 6.29. The highest BCUT2D eigenvalue weighted by Gasteiger charge is 1.97. The van der Waals surface area contributed by atoms with Crippen LogP contribution in [0.2, 0.25) is 0 Å². The second-order valence-electron chi connectivity index (χ2n) is 4.40. The fourth-order valence-corrected chi connectivity index (χ4v) is 2.02. The summed E-state index contributed by atoms with van der Waals surface area (Å²) in [7, 11) is 0. The molecule has 0 saturated carbocycles. The molecule has 0 spiro atoms. The molecule has 2 heterocycles. The quantitative estimate of drug-likeness (QED) is 0.702. The van der Waals surface area contributed by atoms with E-state index in [1.54, 1.807) is 6.20 Å². The van der Waals surface area contributed by atoms with E-state index in [1.807, 2.05) is 29.3 Å². The van der Waals surface area contributed by atoms with Crippen LogP contribution in [0.3, 0.4) is 0 Å². The smallest absolute Gasteiger partial charge is 0.0692 e. The molecule has 0 atom stereocenters. The van der Waals surface area contributed by atoms with Crippen LogP contribution in [0, 0.1) is 0 Å². The molecule has 0 amide bonds. The van der Waals surface area contributed by atoms with Gasteiger partial charge in [0, 0.05) is 37.1 Å². The van der Waals surface area contributed by atoms with Crippen LogP contribution in [0.25, 0.3) is 10.8 Å². The number of nitrogens with zero attached hydrogens (tertiary/aromatic N) is 4. The zero-order chi connectivity index (χ0) is 12.9. The van der Waals surface area contributed by atoms with Crippen molar-refractivity contribution >= 4 is 10.8 Å². The third kappa shape index (κ3) is 2.95. The standard InChI is InChI=1S/C14H15N5/c1-2-14-11-15-4-3-13(14)9-12(1)10-16-5-7-19-8-6-17-18-19/h1-4,6,8-9,11,16H,5,7,10H2. The van der Waals surface area contributed by atoms with Gasteiger partial charge < -0.3 is 5.32 Å². The molecular weight excluding hydrogens is 238 g/mol. The zero-order valence-corrected chi connectivity index (χ0v) is 10.5. The van der Waals surface area contributed by atoms with Crippen molar-refractivity contribution in [3.63, 3.8) is 0 Å². The first kappa shape index (κ1) is 11.8. The van der Waals surface area contributed by atoms with E-state index in [1.165, 1.54) is 16.3 Å². The Morgan fingerprint density at radius 1 is 1.11 bits per heavy atom. The van der Waals surface area contributed by atoms with Gasteiger partial charge in [-0.3, -0.25) is 9.67 Å². The summed E-state index contributed by atoms with van der Waals surface area (Å²) in [6.07, 6.45) is 7.27. The van der Waals surface area contributed by atoms with Gasteiger partial charge in [-0.05, 0) is 23.1 Å². The van der Waals surface area contributed by atoms with Gasteiger partial charge in [0.1, 0.15) is 0 Å². The van der Waals surface area contributed by atoms with Crippen LogP contribution in [-0.4, -0.2) is 26.5 Å². The van der Waals surface area contributed by atoms with Gasteiger partial charge in [-0.15, -0.1) is 5.10 Å². The summed E-state index contributed by atoms with van der Waals surface area (Å²) in [4.78, 5) is 4.12. The molecule has 0 bridgehead atoms. The van der Waals surface area contributed by atoms with Gasteiger partial charge in [-0.25, -0.2) is 0 Å². The molecular formula is C14H15N5. The number of hydrogen-bond donors (Lipinski definition) is 1. The molecule has 3 aromatic rings. The van der Waals surface area contributed by atoms with E-state index in [-0.39, 0.29) is 0 Å². The molecule has 96 valence electrons. The molecule has 1 N–H and O–H groups in total. The molecule has 0 fully saturated rings. The van der Waals surface area contributed by atoms with Gasteiger partial charge in [0.15, 0.2) is 0 Å². The summed E-state index contributed by atoms with van der Waals surface area (Å²) in [5, 5.41) is 13.5. The number of aromatic nitrogens is 4. The Bertz CT molecular complexity index is 648. The second kappa shape index (κ2) is 5.58. The average molecular weight is 253 g/mol. The third-order valence-electron chi connectivity index (χ3n) is 3.02. The van der Waals surface area contributed by atoms with Crippen molar-refractivity contribution in [1.82, 2.24) is 25.3 Å². The molecule has 0 radical (unpaired) electrons. The SMILES string of the molecule is c1cc2cc(CNCCn3ccnn3)ccc2cn1. The predicted molar refractivity (Wildman–Crippen MR) is 73.5 cm³/mol. The van der Waals surface area contributed by atoms with Gasteiger partial charge in [0.25, 0.3) is 0 Å². The molecule has 0 unspecified atom stereocenters. The monoisotopic (exact) mass is 253 g/mol. The lowest BCUT2D eigenvalue weighted by Gasteiger charge is -2.06. The molecule has 5 heteroatoms. The Labute approximate surface area is 111 Å². The minimum absolute atomic E-state index is 0.831. The fourth-order valence-electron chi connectivity index (χ4n) is 2.02. The summed E-state index contributed by atoms with van der Waals surface area (Å²) in [5.41, 5.74) is 1.28. The van der Waals surface area contributed by atoms with E-state index in [9.17, 15) is 0 Å². The van der Waals surface area contributed by atoms with Crippen LogP contribution in [0.4, 0.5) is 0 Å². The summed E-state index contributed by atoms with van der Waals surface area (Å²) in [6, 6.07) is 8.47. The molecule has 5 nitrogen and oxygen atoms in total. The molecule has 1 aromatic carbocycles. The highest BCUT2D eigenvalue weighted by molar-refractivity contribution is 5.81. The van der Waals surface area contributed by atoms with Crippen molar-refractivity contribution in [3.8, 4) is 0 Å². The Balaban J connectivity index is 1.56. The Hall–Kier alpha value is -2.27. The van der Waals surface area contributed by atoms with Crippen LogP contribution >= 0.6 is 0 Å². The Kier molecular flexibility index (Phi) is 3.47. The van der Waals surface area contributed by atoms with E-state index in [0.717, 1.165) is 19.6 Å². The van der Waals surface area contributed by atoms with Crippen molar-refractivity contribution in [2.24, 2.45) is 0 Å². The lowest BCUT2D eigenvalue weighted by Crippen LogP contribution is -2.19. The topological polar surface area (TPSA) is 55.6 Å². The largest absolute Gasteiger partial charge is 0.311 e. The summed E-state index contributed by atoms with van der Waals surface area (Å²) < 4.78 is 1.82. The molecule has 3 rings (SSSR count). The normalized spacial score (nSPS) is 10.9. The number of hydrogen-bond acceptors (Lipinski definition) is 4. The van der Waals surface area contributed by atoms with Crippen LogP contribution in [-0.2, 0) is 13.1 Å². The lowest BCUT2D eigenvalue weighted by molar-refractivity contribution is 0.540. The molecule has 0 saturated heterocycles. The first-order valence-corrected chi connectivity index (χ1v) is 6.29.